The second kappa shape index (κ2) is 8.73. The third-order valence-electron chi connectivity index (χ3n) is 5.39. The maximum absolute atomic E-state index is 11.6. The average Bonchev–Trinajstić information content (AvgIpc) is 2.61. The molecule has 0 bridgehead atoms. The summed E-state index contributed by atoms with van der Waals surface area (Å²) in [5.74, 6) is 1.68. The van der Waals surface area contributed by atoms with Gasteiger partial charge in [-0.05, 0) is 46.9 Å². The van der Waals surface area contributed by atoms with Crippen LogP contribution in [0.1, 0.15) is 65.5 Å². The second-order valence-corrected chi connectivity index (χ2v) is 9.82. The summed E-state index contributed by atoms with van der Waals surface area (Å²) in [4.78, 5) is 13.8. The van der Waals surface area contributed by atoms with E-state index in [0.717, 1.165) is 37.4 Å². The first kappa shape index (κ1) is 22.5. The van der Waals surface area contributed by atoms with Gasteiger partial charge in [0.1, 0.15) is 6.10 Å². The van der Waals surface area contributed by atoms with E-state index < -0.39 is 0 Å². The molecule has 0 saturated carbocycles. The fraction of sp³-hybridized carbons (Fsp3) is 0.696. The molecule has 1 aromatic rings. The number of likely N-dealkylation sites (N-methyl/N-ethyl adjacent to an activating group) is 1. The Kier molecular flexibility index (Phi) is 7.02. The van der Waals surface area contributed by atoms with Crippen LogP contribution in [0.25, 0.3) is 0 Å². The number of ether oxygens (including phenoxy) is 2. The number of benzene rings is 1. The smallest absolute Gasteiger partial charge is 0.233 e. The number of hydrogen-bond acceptors (Lipinski definition) is 4. The van der Waals surface area contributed by atoms with Crippen molar-refractivity contribution in [3.63, 3.8) is 0 Å². The molecule has 1 heterocycles. The van der Waals surface area contributed by atoms with Crippen molar-refractivity contribution in [1.29, 1.82) is 0 Å². The number of carbonyl (C=O) groups is 1. The molecule has 0 aliphatic carbocycles. The molecule has 28 heavy (non-hydrogen) atoms. The molecule has 1 amide bonds. The lowest BCUT2D eigenvalue weighted by molar-refractivity contribution is -0.122. The van der Waals surface area contributed by atoms with Gasteiger partial charge in [0.25, 0.3) is 0 Å². The van der Waals surface area contributed by atoms with Crippen molar-refractivity contribution in [1.82, 2.24) is 10.2 Å². The van der Waals surface area contributed by atoms with Crippen molar-refractivity contribution < 1.29 is 14.3 Å². The van der Waals surface area contributed by atoms with Crippen molar-refractivity contribution in [2.45, 2.75) is 71.3 Å². The largest absolute Gasteiger partial charge is 0.493 e. The van der Waals surface area contributed by atoms with Crippen LogP contribution in [-0.2, 0) is 15.6 Å². The van der Waals surface area contributed by atoms with Gasteiger partial charge in [-0.3, -0.25) is 9.69 Å². The van der Waals surface area contributed by atoms with Crippen LogP contribution in [-0.4, -0.2) is 50.7 Å². The molecule has 5 nitrogen and oxygen atoms in total. The molecule has 1 aromatic carbocycles. The normalized spacial score (nSPS) is 16.7. The van der Waals surface area contributed by atoms with Gasteiger partial charge in [0.2, 0.25) is 5.91 Å². The zero-order chi connectivity index (χ0) is 21.1. The summed E-state index contributed by atoms with van der Waals surface area (Å²) in [6.45, 7) is 15.6. The molecule has 0 atom stereocenters. The van der Waals surface area contributed by atoms with Crippen LogP contribution in [0.15, 0.2) is 12.1 Å². The predicted octanol–water partition coefficient (Wildman–Crippen LogP) is 3.88. The Labute approximate surface area is 170 Å². The third kappa shape index (κ3) is 5.63. The standard InChI is InChI=1S/C23H38N2O3/c1-22(2,3)17-13-19(27-8)20(14-18(17)23(4,5)6)28-16-9-11-25(12-10-16)15-21(26)24-7/h13-14,16H,9-12,15H2,1-8H3,(H,24,26). The van der Waals surface area contributed by atoms with E-state index in [9.17, 15) is 4.79 Å². The van der Waals surface area contributed by atoms with E-state index in [0.29, 0.717) is 6.54 Å². The first-order chi connectivity index (χ1) is 13.0. The minimum absolute atomic E-state index is 0.0177. The summed E-state index contributed by atoms with van der Waals surface area (Å²) in [7, 11) is 3.38. The number of methoxy groups -OCH3 is 1. The molecule has 1 fully saturated rings. The predicted molar refractivity (Wildman–Crippen MR) is 115 cm³/mol. The van der Waals surface area contributed by atoms with E-state index >= 15 is 0 Å². The summed E-state index contributed by atoms with van der Waals surface area (Å²) >= 11 is 0. The Bertz CT molecular complexity index is 678. The molecule has 0 spiro atoms. The molecular weight excluding hydrogens is 352 g/mol. The topological polar surface area (TPSA) is 50.8 Å². The van der Waals surface area contributed by atoms with Crippen LogP contribution in [0, 0.1) is 0 Å². The van der Waals surface area contributed by atoms with Gasteiger partial charge < -0.3 is 14.8 Å². The van der Waals surface area contributed by atoms with Gasteiger partial charge in [-0.2, -0.15) is 0 Å². The van der Waals surface area contributed by atoms with Gasteiger partial charge >= 0.3 is 0 Å². The van der Waals surface area contributed by atoms with E-state index in [1.54, 1.807) is 14.2 Å². The quantitative estimate of drug-likeness (QED) is 0.829. The minimum atomic E-state index is 0.0177. The van der Waals surface area contributed by atoms with E-state index in [2.05, 4.69) is 63.9 Å². The molecule has 158 valence electrons. The molecule has 1 aliphatic heterocycles. The zero-order valence-corrected chi connectivity index (χ0v) is 18.9. The highest BCUT2D eigenvalue weighted by atomic mass is 16.5. The van der Waals surface area contributed by atoms with Crippen molar-refractivity contribution in [2.24, 2.45) is 0 Å². The average molecular weight is 391 g/mol. The van der Waals surface area contributed by atoms with Crippen LogP contribution in [0.5, 0.6) is 11.5 Å². The molecule has 5 heteroatoms. The molecule has 1 aliphatic rings. The fourth-order valence-electron chi connectivity index (χ4n) is 3.70. The highest BCUT2D eigenvalue weighted by Gasteiger charge is 2.29. The van der Waals surface area contributed by atoms with E-state index in [1.807, 2.05) is 0 Å². The van der Waals surface area contributed by atoms with Gasteiger partial charge in [-0.15, -0.1) is 0 Å². The Morgan fingerprint density at radius 1 is 1.04 bits per heavy atom. The number of rotatable bonds is 5. The number of nitrogens with zero attached hydrogens (tertiary/aromatic N) is 1. The SMILES string of the molecule is CNC(=O)CN1CCC(Oc2cc(C(C)(C)C)c(C(C)(C)C)cc2OC)CC1. The fourth-order valence-corrected chi connectivity index (χ4v) is 3.70. The molecular formula is C23H38N2O3. The first-order valence-corrected chi connectivity index (χ1v) is 10.3. The van der Waals surface area contributed by atoms with Crippen LogP contribution in [0.4, 0.5) is 0 Å². The second-order valence-electron chi connectivity index (χ2n) is 9.82. The molecule has 1 N–H and O–H groups in total. The number of carbonyl (C=O) groups excluding carboxylic acids is 1. The van der Waals surface area contributed by atoms with Gasteiger partial charge in [0.05, 0.1) is 13.7 Å². The Balaban J connectivity index is 2.21. The highest BCUT2D eigenvalue weighted by Crippen LogP contribution is 2.41. The van der Waals surface area contributed by atoms with E-state index in [4.69, 9.17) is 9.47 Å². The number of nitrogens with one attached hydrogen (secondary N) is 1. The summed E-state index contributed by atoms with van der Waals surface area (Å²) < 4.78 is 12.1. The van der Waals surface area contributed by atoms with Gasteiger partial charge in [-0.25, -0.2) is 0 Å². The van der Waals surface area contributed by atoms with Crippen molar-refractivity contribution >= 4 is 5.91 Å². The molecule has 0 aromatic heterocycles. The lowest BCUT2D eigenvalue weighted by Crippen LogP contribution is -2.43. The monoisotopic (exact) mass is 390 g/mol. The van der Waals surface area contributed by atoms with Crippen molar-refractivity contribution in [3.05, 3.63) is 23.3 Å². The maximum atomic E-state index is 11.6. The van der Waals surface area contributed by atoms with Crippen LogP contribution < -0.4 is 14.8 Å². The minimum Gasteiger partial charge on any atom is -0.493 e. The maximum Gasteiger partial charge on any atom is 0.233 e. The third-order valence-corrected chi connectivity index (χ3v) is 5.39. The van der Waals surface area contributed by atoms with Crippen LogP contribution in [0.2, 0.25) is 0 Å². The number of hydrogen-bond donors (Lipinski definition) is 1. The van der Waals surface area contributed by atoms with E-state index in [1.165, 1.54) is 11.1 Å². The summed E-state index contributed by atoms with van der Waals surface area (Å²) in [5, 5.41) is 2.69. The summed E-state index contributed by atoms with van der Waals surface area (Å²) in [6.07, 6.45) is 1.96. The Morgan fingerprint density at radius 2 is 1.54 bits per heavy atom. The summed E-state index contributed by atoms with van der Waals surface area (Å²) in [5.41, 5.74) is 2.64. The van der Waals surface area contributed by atoms with Gasteiger partial charge in [0, 0.05) is 20.1 Å². The molecule has 2 rings (SSSR count). The Hall–Kier alpha value is -1.75. The van der Waals surface area contributed by atoms with Crippen molar-refractivity contribution in [2.75, 3.05) is 33.8 Å². The van der Waals surface area contributed by atoms with E-state index in [-0.39, 0.29) is 22.8 Å². The summed E-state index contributed by atoms with van der Waals surface area (Å²) in [6, 6.07) is 4.33. The van der Waals surface area contributed by atoms with Gasteiger partial charge in [0.15, 0.2) is 11.5 Å². The van der Waals surface area contributed by atoms with Crippen LogP contribution in [0.3, 0.4) is 0 Å². The number of amides is 1. The highest BCUT2D eigenvalue weighted by molar-refractivity contribution is 5.77. The lowest BCUT2D eigenvalue weighted by Gasteiger charge is -2.34. The number of piperidine rings is 1. The van der Waals surface area contributed by atoms with Crippen LogP contribution >= 0.6 is 0 Å². The van der Waals surface area contributed by atoms with Gasteiger partial charge in [-0.1, -0.05) is 41.5 Å². The molecule has 0 radical (unpaired) electrons. The molecule has 0 unspecified atom stereocenters. The Morgan fingerprint density at radius 3 is 1.96 bits per heavy atom. The van der Waals surface area contributed by atoms with Crippen molar-refractivity contribution in [3.8, 4) is 11.5 Å². The number of likely N-dealkylation sites (tertiary alicyclic amines) is 1. The molecule has 1 saturated heterocycles. The zero-order valence-electron chi connectivity index (χ0n) is 18.9. The first-order valence-electron chi connectivity index (χ1n) is 10.3. The lowest BCUT2D eigenvalue weighted by atomic mass is 9.75.